The molecule has 0 saturated heterocycles. The summed E-state index contributed by atoms with van der Waals surface area (Å²) in [6.07, 6.45) is 0.453. The van der Waals surface area contributed by atoms with Gasteiger partial charge < -0.3 is 15.2 Å². The maximum Gasteiger partial charge on any atom is 0.307 e. The summed E-state index contributed by atoms with van der Waals surface area (Å²) in [5.41, 5.74) is 0.473. The van der Waals surface area contributed by atoms with E-state index in [4.69, 9.17) is 4.74 Å². The number of carbonyl (C=O) groups is 1. The van der Waals surface area contributed by atoms with Crippen molar-refractivity contribution in [1.29, 1.82) is 0 Å². The normalized spacial score (nSPS) is 15.4. The highest BCUT2D eigenvalue weighted by atomic mass is 79.9. The molecular weight excluding hydrogens is 322 g/mol. The van der Waals surface area contributed by atoms with E-state index < -0.39 is 6.10 Å². The molecule has 0 amide bonds. The van der Waals surface area contributed by atoms with E-state index in [1.54, 1.807) is 0 Å². The standard InChI is InChI=1S/C15H22BrNO3/c1-4-15(2,9-14(19)20-3)17-10-13(18)11-5-7-12(16)8-6-11/h5-8,13,17-18H,4,9-10H2,1-3H3. The number of aliphatic hydroxyl groups excluding tert-OH is 1. The number of hydrogen-bond acceptors (Lipinski definition) is 4. The topological polar surface area (TPSA) is 58.6 Å². The van der Waals surface area contributed by atoms with Gasteiger partial charge in [0.2, 0.25) is 0 Å². The van der Waals surface area contributed by atoms with Crippen molar-refractivity contribution in [3.8, 4) is 0 Å². The van der Waals surface area contributed by atoms with Crippen molar-refractivity contribution in [2.45, 2.75) is 38.3 Å². The summed E-state index contributed by atoms with van der Waals surface area (Å²) in [6, 6.07) is 7.54. The highest BCUT2D eigenvalue weighted by Gasteiger charge is 2.26. The number of rotatable bonds is 7. The van der Waals surface area contributed by atoms with Crippen LogP contribution in [-0.2, 0) is 9.53 Å². The van der Waals surface area contributed by atoms with Crippen molar-refractivity contribution in [2.75, 3.05) is 13.7 Å². The lowest BCUT2D eigenvalue weighted by molar-refractivity contribution is -0.142. The van der Waals surface area contributed by atoms with Crippen molar-refractivity contribution >= 4 is 21.9 Å². The minimum Gasteiger partial charge on any atom is -0.469 e. The molecule has 1 rings (SSSR count). The van der Waals surface area contributed by atoms with Crippen LogP contribution in [0.2, 0.25) is 0 Å². The number of halogens is 1. The van der Waals surface area contributed by atoms with E-state index >= 15 is 0 Å². The first kappa shape index (κ1) is 17.1. The van der Waals surface area contributed by atoms with Crippen LogP contribution in [0, 0.1) is 0 Å². The fraction of sp³-hybridized carbons (Fsp3) is 0.533. The predicted octanol–water partition coefficient (Wildman–Crippen LogP) is 2.80. The lowest BCUT2D eigenvalue weighted by atomic mass is 9.94. The third-order valence-corrected chi connectivity index (χ3v) is 4.05. The number of nitrogens with one attached hydrogen (secondary N) is 1. The van der Waals surface area contributed by atoms with Crippen molar-refractivity contribution in [3.05, 3.63) is 34.3 Å². The number of hydrogen-bond donors (Lipinski definition) is 2. The molecule has 0 bridgehead atoms. The van der Waals surface area contributed by atoms with Crippen LogP contribution in [0.4, 0.5) is 0 Å². The van der Waals surface area contributed by atoms with Crippen LogP contribution in [0.5, 0.6) is 0 Å². The van der Waals surface area contributed by atoms with Gasteiger partial charge in [0.1, 0.15) is 0 Å². The fourth-order valence-electron chi connectivity index (χ4n) is 1.85. The molecule has 4 nitrogen and oxygen atoms in total. The smallest absolute Gasteiger partial charge is 0.307 e. The summed E-state index contributed by atoms with van der Waals surface area (Å²) in [4.78, 5) is 11.4. The van der Waals surface area contributed by atoms with Gasteiger partial charge >= 0.3 is 5.97 Å². The molecule has 1 aromatic carbocycles. The molecule has 1 aromatic rings. The molecule has 0 aliphatic carbocycles. The molecule has 0 aliphatic heterocycles. The zero-order valence-corrected chi connectivity index (χ0v) is 13.7. The fourth-order valence-corrected chi connectivity index (χ4v) is 2.11. The lowest BCUT2D eigenvalue weighted by Crippen LogP contribution is -2.45. The molecule has 20 heavy (non-hydrogen) atoms. The van der Waals surface area contributed by atoms with Gasteiger partial charge in [-0.1, -0.05) is 35.0 Å². The zero-order chi connectivity index (χ0) is 15.2. The molecule has 0 fully saturated rings. The van der Waals surface area contributed by atoms with E-state index in [0.717, 1.165) is 16.5 Å². The monoisotopic (exact) mass is 343 g/mol. The number of carbonyl (C=O) groups excluding carboxylic acids is 1. The third kappa shape index (κ3) is 5.23. The van der Waals surface area contributed by atoms with Gasteiger partial charge in [-0.3, -0.25) is 4.79 Å². The third-order valence-electron chi connectivity index (χ3n) is 3.52. The van der Waals surface area contributed by atoms with Gasteiger partial charge in [-0.05, 0) is 31.0 Å². The first-order chi connectivity index (χ1) is 9.40. The maximum absolute atomic E-state index is 11.4. The minimum absolute atomic E-state index is 0.250. The summed E-state index contributed by atoms with van der Waals surface area (Å²) in [7, 11) is 1.38. The average molecular weight is 344 g/mol. The second-order valence-corrected chi connectivity index (χ2v) is 6.03. The minimum atomic E-state index is -0.605. The maximum atomic E-state index is 11.4. The number of benzene rings is 1. The van der Waals surface area contributed by atoms with Gasteiger partial charge in [0.15, 0.2) is 0 Å². The average Bonchev–Trinajstić information content (AvgIpc) is 2.45. The molecule has 112 valence electrons. The number of aliphatic hydroxyl groups is 1. The first-order valence-corrected chi connectivity index (χ1v) is 7.45. The molecule has 0 aromatic heterocycles. The summed E-state index contributed by atoms with van der Waals surface area (Å²) >= 11 is 3.36. The van der Waals surface area contributed by atoms with Crippen molar-refractivity contribution in [2.24, 2.45) is 0 Å². The van der Waals surface area contributed by atoms with Gasteiger partial charge in [-0.15, -0.1) is 0 Å². The molecule has 0 spiro atoms. The van der Waals surface area contributed by atoms with Crippen LogP contribution in [0.3, 0.4) is 0 Å². The predicted molar refractivity (Wildman–Crippen MR) is 82.4 cm³/mol. The Hall–Kier alpha value is -0.910. The summed E-state index contributed by atoms with van der Waals surface area (Å²) in [5.74, 6) is -0.250. The van der Waals surface area contributed by atoms with Crippen LogP contribution in [0.15, 0.2) is 28.7 Å². The molecule has 0 radical (unpaired) electrons. The van der Waals surface area contributed by atoms with E-state index in [1.807, 2.05) is 38.1 Å². The van der Waals surface area contributed by atoms with Crippen LogP contribution < -0.4 is 5.32 Å². The summed E-state index contributed by atoms with van der Waals surface area (Å²) in [5, 5.41) is 13.4. The Balaban J connectivity index is 2.59. The number of esters is 1. The second-order valence-electron chi connectivity index (χ2n) is 5.12. The Kier molecular flexibility index (Phi) is 6.65. The molecular formula is C15H22BrNO3. The van der Waals surface area contributed by atoms with Crippen LogP contribution >= 0.6 is 15.9 Å². The second kappa shape index (κ2) is 7.76. The Morgan fingerprint density at radius 1 is 1.45 bits per heavy atom. The largest absolute Gasteiger partial charge is 0.469 e. The van der Waals surface area contributed by atoms with Gasteiger partial charge in [0.05, 0.1) is 19.6 Å². The van der Waals surface area contributed by atoms with E-state index in [2.05, 4.69) is 21.2 Å². The van der Waals surface area contributed by atoms with Crippen LogP contribution in [-0.4, -0.2) is 30.3 Å². The van der Waals surface area contributed by atoms with E-state index in [-0.39, 0.29) is 17.9 Å². The lowest BCUT2D eigenvalue weighted by Gasteiger charge is -2.30. The quantitative estimate of drug-likeness (QED) is 0.747. The molecule has 2 unspecified atom stereocenters. The van der Waals surface area contributed by atoms with E-state index in [9.17, 15) is 9.90 Å². The van der Waals surface area contributed by atoms with Crippen molar-refractivity contribution in [1.82, 2.24) is 5.32 Å². The Labute approximate surface area is 128 Å². The van der Waals surface area contributed by atoms with E-state index in [0.29, 0.717) is 6.54 Å². The highest BCUT2D eigenvalue weighted by Crippen LogP contribution is 2.19. The number of β-amino-alcohol motifs (C(OH)–C–C–N with tert-alkyl or cyclic N) is 1. The van der Waals surface area contributed by atoms with Gasteiger partial charge in [0, 0.05) is 16.6 Å². The number of methoxy groups -OCH3 is 1. The highest BCUT2D eigenvalue weighted by molar-refractivity contribution is 9.10. The summed E-state index contributed by atoms with van der Waals surface area (Å²) < 4.78 is 5.68. The van der Waals surface area contributed by atoms with E-state index in [1.165, 1.54) is 7.11 Å². The van der Waals surface area contributed by atoms with Gasteiger partial charge in [-0.25, -0.2) is 0 Å². The molecule has 5 heteroatoms. The van der Waals surface area contributed by atoms with Crippen molar-refractivity contribution < 1.29 is 14.6 Å². The van der Waals surface area contributed by atoms with Gasteiger partial charge in [0.25, 0.3) is 0 Å². The molecule has 0 heterocycles. The Morgan fingerprint density at radius 2 is 2.05 bits per heavy atom. The van der Waals surface area contributed by atoms with Crippen LogP contribution in [0.25, 0.3) is 0 Å². The molecule has 2 atom stereocenters. The first-order valence-electron chi connectivity index (χ1n) is 6.65. The molecule has 2 N–H and O–H groups in total. The Morgan fingerprint density at radius 3 is 2.55 bits per heavy atom. The van der Waals surface area contributed by atoms with Crippen molar-refractivity contribution in [3.63, 3.8) is 0 Å². The molecule has 0 aliphatic rings. The Bertz CT molecular complexity index is 435. The van der Waals surface area contributed by atoms with Gasteiger partial charge in [-0.2, -0.15) is 0 Å². The SMILES string of the molecule is CCC(C)(CC(=O)OC)NCC(O)c1ccc(Br)cc1. The summed E-state index contributed by atoms with van der Waals surface area (Å²) in [6.45, 7) is 4.35. The van der Waals surface area contributed by atoms with Crippen LogP contribution in [0.1, 0.15) is 38.4 Å². The number of ether oxygens (including phenoxy) is 1. The molecule has 0 saturated carbocycles. The zero-order valence-electron chi connectivity index (χ0n) is 12.1.